The van der Waals surface area contributed by atoms with Crippen molar-refractivity contribution in [3.05, 3.63) is 59.7 Å². The third-order valence-corrected chi connectivity index (χ3v) is 5.16. The van der Waals surface area contributed by atoms with Crippen LogP contribution in [-0.2, 0) is 27.2 Å². The molecule has 0 fully saturated rings. The molecule has 2 aromatic rings. The Hall–Kier alpha value is -2.08. The first-order valence-corrected chi connectivity index (χ1v) is 12.0. The first-order chi connectivity index (χ1) is 15.5. The van der Waals surface area contributed by atoms with Gasteiger partial charge in [-0.15, -0.1) is 23.2 Å². The van der Waals surface area contributed by atoms with Gasteiger partial charge in [-0.2, -0.15) is 0 Å². The zero-order valence-electron chi connectivity index (χ0n) is 19.2. The minimum absolute atomic E-state index is 0.00507. The molecule has 2 rings (SSSR count). The van der Waals surface area contributed by atoms with Crippen LogP contribution in [-0.4, -0.2) is 36.9 Å². The largest absolute Gasteiger partial charge is 0.361 e. The van der Waals surface area contributed by atoms with Crippen molar-refractivity contribution >= 4 is 46.4 Å². The summed E-state index contributed by atoms with van der Waals surface area (Å²) < 4.78 is 5.66. The predicted molar refractivity (Wildman–Crippen MR) is 135 cm³/mol. The van der Waals surface area contributed by atoms with Crippen LogP contribution in [0.2, 0.25) is 0 Å². The van der Waals surface area contributed by atoms with Crippen molar-refractivity contribution in [1.29, 1.82) is 0 Å². The molecule has 5 nitrogen and oxygen atoms in total. The Kier molecular flexibility index (Phi) is 14.4. The van der Waals surface area contributed by atoms with Crippen LogP contribution in [0.4, 0.5) is 11.4 Å². The van der Waals surface area contributed by atoms with E-state index >= 15 is 0 Å². The van der Waals surface area contributed by atoms with Crippen LogP contribution in [0.1, 0.15) is 44.7 Å². The molecule has 0 saturated heterocycles. The third-order valence-electron chi connectivity index (χ3n) is 4.69. The molecular weight excluding hydrogens is 447 g/mol. The molecule has 176 valence electrons. The summed E-state index contributed by atoms with van der Waals surface area (Å²) in [5, 5.41) is 2.62. The number of aryl methyl sites for hydroxylation is 2. The fourth-order valence-corrected chi connectivity index (χ4v) is 3.22. The summed E-state index contributed by atoms with van der Waals surface area (Å²) in [4.78, 5) is 24.7. The molecule has 2 aromatic carbocycles. The van der Waals surface area contributed by atoms with Crippen molar-refractivity contribution in [3.63, 3.8) is 0 Å². The van der Waals surface area contributed by atoms with Gasteiger partial charge in [0, 0.05) is 12.3 Å². The number of nitrogens with zero attached hydrogens (tertiary/aromatic N) is 1. The molecule has 0 heterocycles. The van der Waals surface area contributed by atoms with Gasteiger partial charge in [0.25, 0.3) is 0 Å². The van der Waals surface area contributed by atoms with Gasteiger partial charge in [-0.05, 0) is 42.5 Å². The molecule has 0 aliphatic rings. The summed E-state index contributed by atoms with van der Waals surface area (Å²) in [5.41, 5.74) is 4.07. The van der Waals surface area contributed by atoms with Crippen molar-refractivity contribution in [1.82, 2.24) is 0 Å². The number of rotatable bonds is 11. The second-order valence-corrected chi connectivity index (χ2v) is 7.56. The number of nitrogens with one attached hydrogen (secondary N) is 1. The highest BCUT2D eigenvalue weighted by molar-refractivity contribution is 6.29. The molecule has 0 aliphatic heterocycles. The molecular formula is C25H34Cl2N2O3. The van der Waals surface area contributed by atoms with E-state index in [9.17, 15) is 9.59 Å². The van der Waals surface area contributed by atoms with Gasteiger partial charge in [-0.1, -0.05) is 63.6 Å². The molecule has 0 spiro atoms. The average Bonchev–Trinajstić information content (AvgIpc) is 2.84. The number of hydrogen-bond acceptors (Lipinski definition) is 3. The van der Waals surface area contributed by atoms with Crippen LogP contribution in [0.5, 0.6) is 0 Å². The lowest BCUT2D eigenvalue weighted by Crippen LogP contribution is -2.35. The van der Waals surface area contributed by atoms with Gasteiger partial charge in [-0.25, -0.2) is 0 Å². The standard InChI is InChI=1S/C17H26ClNO2.C8H8ClNO/c1-4-7-11-21-13-19(16(20)12-18)17-14(5-2)9-8-10-15(17)6-3;9-6-8(11)10-7-4-2-1-3-5-7/h8-10H,4-7,11-13H2,1-3H3;1-5H,6H2,(H,10,11). The predicted octanol–water partition coefficient (Wildman–Crippen LogP) is 6.02. The first kappa shape index (κ1) is 28.0. The normalized spacial score (nSPS) is 10.2. The molecule has 0 bridgehead atoms. The van der Waals surface area contributed by atoms with E-state index in [0.29, 0.717) is 6.61 Å². The Morgan fingerprint density at radius 1 is 0.906 bits per heavy atom. The number of benzene rings is 2. The molecule has 32 heavy (non-hydrogen) atoms. The summed E-state index contributed by atoms with van der Waals surface area (Å²) in [7, 11) is 0. The molecule has 0 aromatic heterocycles. The van der Waals surface area contributed by atoms with Gasteiger partial charge in [0.1, 0.15) is 18.5 Å². The number of para-hydroxylation sites is 2. The molecule has 2 amide bonds. The number of hydrogen-bond donors (Lipinski definition) is 1. The Morgan fingerprint density at radius 2 is 1.53 bits per heavy atom. The number of ether oxygens (including phenoxy) is 1. The van der Waals surface area contributed by atoms with E-state index in [1.165, 1.54) is 0 Å². The van der Waals surface area contributed by atoms with Gasteiger partial charge in [-0.3, -0.25) is 14.5 Å². The summed E-state index contributed by atoms with van der Waals surface area (Å²) in [6, 6.07) is 15.4. The van der Waals surface area contributed by atoms with Crippen LogP contribution >= 0.6 is 23.2 Å². The maximum atomic E-state index is 12.2. The minimum atomic E-state index is -0.183. The quantitative estimate of drug-likeness (QED) is 0.243. The van der Waals surface area contributed by atoms with Gasteiger partial charge in [0.15, 0.2) is 0 Å². The summed E-state index contributed by atoms with van der Waals surface area (Å²) in [5.74, 6) is -0.325. The molecule has 0 aliphatic carbocycles. The van der Waals surface area contributed by atoms with Gasteiger partial charge in [0.05, 0.1) is 5.69 Å². The SMILES string of the molecule is CCCCOCN(C(=O)CCl)c1c(CC)cccc1CC.O=C(CCl)Nc1ccccc1. The summed E-state index contributed by atoms with van der Waals surface area (Å²) in [6.07, 6.45) is 3.84. The Bertz CT molecular complexity index is 794. The summed E-state index contributed by atoms with van der Waals surface area (Å²) >= 11 is 11.1. The molecule has 7 heteroatoms. The van der Waals surface area contributed by atoms with Crippen LogP contribution in [0.25, 0.3) is 0 Å². The lowest BCUT2D eigenvalue weighted by molar-refractivity contribution is -0.117. The van der Waals surface area contributed by atoms with Crippen molar-refractivity contribution in [2.45, 2.75) is 46.5 Å². The second-order valence-electron chi connectivity index (χ2n) is 7.03. The number of carbonyl (C=O) groups excluding carboxylic acids is 2. The highest BCUT2D eigenvalue weighted by atomic mass is 35.5. The highest BCUT2D eigenvalue weighted by Gasteiger charge is 2.20. The summed E-state index contributed by atoms with van der Waals surface area (Å²) in [6.45, 7) is 7.25. The molecule has 0 unspecified atom stereocenters. The van der Waals surface area contributed by atoms with Crippen molar-refractivity contribution in [2.24, 2.45) is 0 Å². The Balaban J connectivity index is 0.000000389. The monoisotopic (exact) mass is 480 g/mol. The topological polar surface area (TPSA) is 58.6 Å². The zero-order chi connectivity index (χ0) is 23.8. The molecule has 0 saturated carbocycles. The van der Waals surface area contributed by atoms with E-state index in [-0.39, 0.29) is 30.3 Å². The van der Waals surface area contributed by atoms with E-state index in [4.69, 9.17) is 27.9 Å². The molecule has 0 atom stereocenters. The van der Waals surface area contributed by atoms with Crippen molar-refractivity contribution in [3.8, 4) is 0 Å². The van der Waals surface area contributed by atoms with Crippen LogP contribution < -0.4 is 10.2 Å². The average molecular weight is 481 g/mol. The van der Waals surface area contributed by atoms with E-state index in [2.05, 4.69) is 38.2 Å². The highest BCUT2D eigenvalue weighted by Crippen LogP contribution is 2.27. The lowest BCUT2D eigenvalue weighted by atomic mass is 10.0. The second kappa shape index (κ2) is 16.5. The Morgan fingerprint density at radius 3 is 2.03 bits per heavy atom. The minimum Gasteiger partial charge on any atom is -0.361 e. The maximum absolute atomic E-state index is 12.2. The number of carbonyl (C=O) groups is 2. The number of amides is 2. The molecule has 0 radical (unpaired) electrons. The van der Waals surface area contributed by atoms with Gasteiger partial charge in [0.2, 0.25) is 11.8 Å². The zero-order valence-corrected chi connectivity index (χ0v) is 20.7. The van der Waals surface area contributed by atoms with Crippen LogP contribution in [0.3, 0.4) is 0 Å². The lowest BCUT2D eigenvalue weighted by Gasteiger charge is -2.26. The van der Waals surface area contributed by atoms with Crippen molar-refractivity contribution in [2.75, 3.05) is 35.3 Å². The van der Waals surface area contributed by atoms with Crippen LogP contribution in [0, 0.1) is 0 Å². The van der Waals surface area contributed by atoms with Gasteiger partial charge < -0.3 is 10.1 Å². The Labute approximate surface area is 202 Å². The fourth-order valence-electron chi connectivity index (χ4n) is 3.01. The van der Waals surface area contributed by atoms with Crippen molar-refractivity contribution < 1.29 is 14.3 Å². The van der Waals surface area contributed by atoms with Gasteiger partial charge >= 0.3 is 0 Å². The third kappa shape index (κ3) is 9.60. The number of unbranched alkanes of at least 4 members (excludes halogenated alkanes) is 1. The maximum Gasteiger partial charge on any atom is 0.243 e. The fraction of sp³-hybridized carbons (Fsp3) is 0.440. The molecule has 1 N–H and O–H groups in total. The van der Waals surface area contributed by atoms with E-state index < -0.39 is 0 Å². The van der Waals surface area contributed by atoms with E-state index in [0.717, 1.165) is 48.2 Å². The number of alkyl halides is 2. The van der Waals surface area contributed by atoms with Crippen LogP contribution in [0.15, 0.2) is 48.5 Å². The van der Waals surface area contributed by atoms with E-state index in [1.54, 1.807) is 4.90 Å². The first-order valence-electron chi connectivity index (χ1n) is 11.0. The van der Waals surface area contributed by atoms with E-state index in [1.807, 2.05) is 36.4 Å². The number of halogens is 2. The number of anilines is 2. The smallest absolute Gasteiger partial charge is 0.243 e.